The molecule has 1 aliphatic carbocycles. The summed E-state index contributed by atoms with van der Waals surface area (Å²) in [6, 6.07) is 9.63. The number of aromatic nitrogens is 1. The van der Waals surface area contributed by atoms with E-state index in [0.29, 0.717) is 25.4 Å². The first-order valence-corrected chi connectivity index (χ1v) is 11.9. The van der Waals surface area contributed by atoms with E-state index in [1.54, 1.807) is 16.8 Å². The number of likely N-dealkylation sites (tertiary alicyclic amines) is 1. The molecule has 0 unspecified atom stereocenters. The summed E-state index contributed by atoms with van der Waals surface area (Å²) in [5.74, 6) is -0.634. The van der Waals surface area contributed by atoms with Gasteiger partial charge in [-0.15, -0.1) is 11.3 Å². The van der Waals surface area contributed by atoms with Gasteiger partial charge in [0.1, 0.15) is 0 Å². The molecule has 164 valence electrons. The summed E-state index contributed by atoms with van der Waals surface area (Å²) in [4.78, 5) is 32.2. The Labute approximate surface area is 185 Å². The smallest absolute Gasteiger partial charge is 0.248 e. The van der Waals surface area contributed by atoms with Gasteiger partial charge >= 0.3 is 0 Å². The van der Waals surface area contributed by atoms with E-state index < -0.39 is 17.9 Å². The molecule has 5 rings (SSSR count). The number of carbonyl (C=O) groups is 2. The van der Waals surface area contributed by atoms with Crippen molar-refractivity contribution in [3.8, 4) is 11.3 Å². The summed E-state index contributed by atoms with van der Waals surface area (Å²) in [5, 5.41) is 15.7. The van der Waals surface area contributed by atoms with E-state index in [1.807, 2.05) is 23.1 Å². The predicted molar refractivity (Wildman–Crippen MR) is 118 cm³/mol. The van der Waals surface area contributed by atoms with Gasteiger partial charge in [0.15, 0.2) is 0 Å². The standard InChI is InChI=1S/C23H28N4O3S/c28-20(26-30)17-12-23(8-9-23)14-24-19(17)22(29)27-10-6-16(7-11-27)21-25-18(13-31-21)15-4-2-1-3-5-15/h1-5,13,16-17,19,24,30H,6-12,14H2,(H,26,28)/t17-,19-/m0/s1. The molecule has 2 aromatic rings. The fraction of sp³-hybridized carbons (Fsp3) is 0.522. The highest BCUT2D eigenvalue weighted by molar-refractivity contribution is 7.10. The molecular formula is C23H28N4O3S. The van der Waals surface area contributed by atoms with Gasteiger partial charge in [0.25, 0.3) is 0 Å². The molecule has 1 saturated carbocycles. The van der Waals surface area contributed by atoms with Crippen molar-refractivity contribution in [2.45, 2.75) is 44.1 Å². The maximum absolute atomic E-state index is 13.2. The van der Waals surface area contributed by atoms with Gasteiger partial charge in [0.2, 0.25) is 11.8 Å². The SMILES string of the molecule is O=C(NO)[C@H]1CC2(CC2)CN[C@@H]1C(=O)N1CCC(c2nc(-c3ccccc3)cs2)CC1. The second-order valence-corrected chi connectivity index (χ2v) is 10.1. The lowest BCUT2D eigenvalue weighted by molar-refractivity contribution is -0.145. The molecule has 3 heterocycles. The number of piperidine rings is 2. The lowest BCUT2D eigenvalue weighted by Gasteiger charge is -2.39. The number of thiazole rings is 1. The van der Waals surface area contributed by atoms with Crippen molar-refractivity contribution in [2.75, 3.05) is 19.6 Å². The van der Waals surface area contributed by atoms with Crippen LogP contribution < -0.4 is 10.8 Å². The monoisotopic (exact) mass is 440 g/mol. The third kappa shape index (κ3) is 4.12. The van der Waals surface area contributed by atoms with Gasteiger partial charge in [-0.05, 0) is 37.5 Å². The molecule has 3 fully saturated rings. The second-order valence-electron chi connectivity index (χ2n) is 9.18. The van der Waals surface area contributed by atoms with E-state index in [4.69, 9.17) is 4.98 Å². The molecule has 2 atom stereocenters. The number of hydrogen-bond acceptors (Lipinski definition) is 6. The Bertz CT molecular complexity index is 951. The van der Waals surface area contributed by atoms with Crippen LogP contribution in [0.1, 0.15) is 43.0 Å². The van der Waals surface area contributed by atoms with Gasteiger partial charge in [-0.3, -0.25) is 14.8 Å². The number of nitrogens with zero attached hydrogens (tertiary/aromatic N) is 2. The summed E-state index contributed by atoms with van der Waals surface area (Å²) < 4.78 is 0. The van der Waals surface area contributed by atoms with Crippen molar-refractivity contribution in [3.63, 3.8) is 0 Å². The third-order valence-electron chi connectivity index (χ3n) is 7.17. The number of hydroxylamine groups is 1. The van der Waals surface area contributed by atoms with Crippen LogP contribution in [0.25, 0.3) is 11.3 Å². The maximum atomic E-state index is 13.2. The van der Waals surface area contributed by atoms with E-state index >= 15 is 0 Å². The van der Waals surface area contributed by atoms with Crippen LogP contribution in [0.5, 0.6) is 0 Å². The van der Waals surface area contributed by atoms with Crippen LogP contribution in [0, 0.1) is 11.3 Å². The Balaban J connectivity index is 1.21. The summed E-state index contributed by atoms with van der Waals surface area (Å²) in [6.45, 7) is 2.11. The van der Waals surface area contributed by atoms with Crippen LogP contribution in [0.3, 0.4) is 0 Å². The van der Waals surface area contributed by atoms with Crippen LogP contribution in [-0.4, -0.2) is 52.6 Å². The van der Waals surface area contributed by atoms with Crippen molar-refractivity contribution in [3.05, 3.63) is 40.7 Å². The highest BCUT2D eigenvalue weighted by Crippen LogP contribution is 2.52. The van der Waals surface area contributed by atoms with E-state index in [-0.39, 0.29) is 11.3 Å². The fourth-order valence-electron chi connectivity index (χ4n) is 5.03. The molecule has 0 bridgehead atoms. The average molecular weight is 441 g/mol. The van der Waals surface area contributed by atoms with E-state index in [0.717, 1.165) is 48.5 Å². The molecule has 2 saturated heterocycles. The molecule has 31 heavy (non-hydrogen) atoms. The van der Waals surface area contributed by atoms with Gasteiger partial charge in [0.05, 0.1) is 22.7 Å². The first-order chi connectivity index (χ1) is 15.1. The molecule has 7 nitrogen and oxygen atoms in total. The van der Waals surface area contributed by atoms with Gasteiger partial charge in [-0.2, -0.15) is 0 Å². The highest BCUT2D eigenvalue weighted by atomic mass is 32.1. The quantitative estimate of drug-likeness (QED) is 0.502. The third-order valence-corrected chi connectivity index (χ3v) is 8.18. The van der Waals surface area contributed by atoms with Gasteiger partial charge in [-0.1, -0.05) is 30.3 Å². The molecule has 8 heteroatoms. The Morgan fingerprint density at radius 2 is 1.94 bits per heavy atom. The van der Waals surface area contributed by atoms with E-state index in [9.17, 15) is 14.8 Å². The lowest BCUT2D eigenvalue weighted by Crippen LogP contribution is -2.59. The van der Waals surface area contributed by atoms with Gasteiger partial charge < -0.3 is 10.2 Å². The lowest BCUT2D eigenvalue weighted by atomic mass is 9.81. The number of rotatable bonds is 4. The minimum Gasteiger partial charge on any atom is -0.341 e. The zero-order chi connectivity index (χ0) is 21.4. The molecule has 0 radical (unpaired) electrons. The molecular weight excluding hydrogens is 412 g/mol. The minimum absolute atomic E-state index is 0.0216. The molecule has 1 aromatic heterocycles. The van der Waals surface area contributed by atoms with Crippen molar-refractivity contribution < 1.29 is 14.8 Å². The van der Waals surface area contributed by atoms with Crippen molar-refractivity contribution in [1.29, 1.82) is 0 Å². The largest absolute Gasteiger partial charge is 0.341 e. The number of carbonyl (C=O) groups excluding carboxylic acids is 2. The molecule has 1 spiro atoms. The van der Waals surface area contributed by atoms with Gasteiger partial charge in [0, 0.05) is 36.5 Å². The van der Waals surface area contributed by atoms with Crippen LogP contribution in [0.2, 0.25) is 0 Å². The van der Waals surface area contributed by atoms with Crippen LogP contribution in [0.15, 0.2) is 35.7 Å². The second kappa shape index (κ2) is 8.33. The highest BCUT2D eigenvalue weighted by Gasteiger charge is 2.52. The zero-order valence-electron chi connectivity index (χ0n) is 17.4. The normalized spacial score (nSPS) is 25.4. The Hall–Kier alpha value is -2.29. The van der Waals surface area contributed by atoms with E-state index in [1.165, 1.54) is 0 Å². The predicted octanol–water partition coefficient (Wildman–Crippen LogP) is 2.78. The first kappa shape index (κ1) is 20.6. The van der Waals surface area contributed by atoms with Crippen LogP contribution in [0.4, 0.5) is 0 Å². The van der Waals surface area contributed by atoms with Crippen molar-refractivity contribution >= 4 is 23.2 Å². The van der Waals surface area contributed by atoms with Crippen molar-refractivity contribution in [2.24, 2.45) is 11.3 Å². The van der Waals surface area contributed by atoms with Crippen molar-refractivity contribution in [1.82, 2.24) is 20.7 Å². The number of amides is 2. The summed E-state index contributed by atoms with van der Waals surface area (Å²) in [7, 11) is 0. The Morgan fingerprint density at radius 3 is 2.61 bits per heavy atom. The number of benzene rings is 1. The Morgan fingerprint density at radius 1 is 1.19 bits per heavy atom. The molecule has 1 aromatic carbocycles. The fourth-order valence-corrected chi connectivity index (χ4v) is 6.03. The minimum atomic E-state index is -0.556. The average Bonchev–Trinajstić information content (AvgIpc) is 3.38. The summed E-state index contributed by atoms with van der Waals surface area (Å²) >= 11 is 1.69. The maximum Gasteiger partial charge on any atom is 0.248 e. The van der Waals surface area contributed by atoms with Gasteiger partial charge in [-0.25, -0.2) is 10.5 Å². The zero-order valence-corrected chi connectivity index (χ0v) is 18.2. The number of nitrogens with one attached hydrogen (secondary N) is 2. The van der Waals surface area contributed by atoms with E-state index in [2.05, 4.69) is 22.8 Å². The molecule has 3 N–H and O–H groups in total. The number of hydrogen-bond donors (Lipinski definition) is 3. The molecule has 2 amide bonds. The first-order valence-electron chi connectivity index (χ1n) is 11.1. The topological polar surface area (TPSA) is 94.6 Å². The molecule has 3 aliphatic rings. The summed E-state index contributed by atoms with van der Waals surface area (Å²) in [5.41, 5.74) is 4.06. The molecule has 2 aliphatic heterocycles. The van der Waals surface area contributed by atoms with Crippen LogP contribution >= 0.6 is 11.3 Å². The Kier molecular flexibility index (Phi) is 5.54. The van der Waals surface area contributed by atoms with Crippen LogP contribution in [-0.2, 0) is 9.59 Å². The summed E-state index contributed by atoms with van der Waals surface area (Å²) in [6.07, 6.45) is 4.59.